The lowest BCUT2D eigenvalue weighted by Crippen LogP contribution is -2.24. The molecule has 6 nitrogen and oxygen atoms in total. The first-order valence-electron chi connectivity index (χ1n) is 12.3. The molecule has 0 saturated heterocycles. The van der Waals surface area contributed by atoms with Crippen molar-refractivity contribution in [3.05, 3.63) is 59.9 Å². The molecule has 0 spiro atoms. The van der Waals surface area contributed by atoms with Crippen molar-refractivity contribution in [1.82, 2.24) is 14.9 Å². The van der Waals surface area contributed by atoms with E-state index in [1.165, 1.54) is 0 Å². The van der Waals surface area contributed by atoms with E-state index in [-0.39, 0.29) is 5.91 Å². The van der Waals surface area contributed by atoms with Gasteiger partial charge in [-0.15, -0.1) is 0 Å². The van der Waals surface area contributed by atoms with Gasteiger partial charge in [-0.2, -0.15) is 0 Å². The number of nitrogens with zero attached hydrogens (tertiary/aromatic N) is 2. The zero-order chi connectivity index (χ0) is 24.2. The van der Waals surface area contributed by atoms with Crippen LogP contribution in [0, 0.1) is 0 Å². The summed E-state index contributed by atoms with van der Waals surface area (Å²) in [4.78, 5) is 16.6. The van der Waals surface area contributed by atoms with E-state index in [4.69, 9.17) is 14.5 Å². The first kappa shape index (κ1) is 25.3. The second-order valence-corrected chi connectivity index (χ2v) is 8.34. The number of imidazole rings is 1. The number of hydrogen-bond donors (Lipinski definition) is 1. The normalized spacial score (nSPS) is 11.3. The average molecular weight is 464 g/mol. The van der Waals surface area contributed by atoms with Crippen molar-refractivity contribution in [2.24, 2.45) is 0 Å². The molecule has 0 atom stereocenters. The average Bonchev–Trinajstić information content (AvgIpc) is 3.20. The third kappa shape index (κ3) is 7.11. The van der Waals surface area contributed by atoms with Crippen LogP contribution in [0.25, 0.3) is 17.1 Å². The van der Waals surface area contributed by atoms with Gasteiger partial charge in [0.1, 0.15) is 5.82 Å². The maximum absolute atomic E-state index is 11.7. The number of carbonyl (C=O) groups excluding carboxylic acids is 1. The van der Waals surface area contributed by atoms with Crippen LogP contribution < -0.4 is 14.8 Å². The molecule has 1 amide bonds. The number of rotatable bonds is 14. The van der Waals surface area contributed by atoms with Gasteiger partial charge in [0.05, 0.1) is 24.8 Å². The highest BCUT2D eigenvalue weighted by molar-refractivity contribution is 5.76. The summed E-state index contributed by atoms with van der Waals surface area (Å²) in [5.41, 5.74) is 3.28. The third-order valence-corrected chi connectivity index (χ3v) is 5.69. The Hall–Kier alpha value is -3.28. The van der Waals surface area contributed by atoms with Crippen molar-refractivity contribution in [3.63, 3.8) is 0 Å². The highest BCUT2D eigenvalue weighted by Gasteiger charge is 2.11. The van der Waals surface area contributed by atoms with E-state index >= 15 is 0 Å². The second-order valence-electron chi connectivity index (χ2n) is 8.34. The van der Waals surface area contributed by atoms with Crippen molar-refractivity contribution >= 4 is 23.0 Å². The molecule has 34 heavy (non-hydrogen) atoms. The van der Waals surface area contributed by atoms with Crippen molar-refractivity contribution in [1.29, 1.82) is 0 Å². The molecule has 0 aliphatic heterocycles. The fourth-order valence-corrected chi connectivity index (χ4v) is 4.01. The number of benzene rings is 2. The molecule has 0 unspecified atom stereocenters. The maximum atomic E-state index is 11.7. The van der Waals surface area contributed by atoms with Crippen molar-refractivity contribution in [3.8, 4) is 11.5 Å². The summed E-state index contributed by atoms with van der Waals surface area (Å²) >= 11 is 0. The van der Waals surface area contributed by atoms with Crippen molar-refractivity contribution < 1.29 is 14.3 Å². The van der Waals surface area contributed by atoms with Crippen LogP contribution in [0.15, 0.2) is 48.5 Å². The van der Waals surface area contributed by atoms with Crippen LogP contribution in [0.3, 0.4) is 0 Å². The highest BCUT2D eigenvalue weighted by Crippen LogP contribution is 2.29. The van der Waals surface area contributed by atoms with E-state index in [1.807, 2.05) is 50.3 Å². The molecule has 3 aromatic rings. The van der Waals surface area contributed by atoms with Crippen LogP contribution in [0.4, 0.5) is 0 Å². The Morgan fingerprint density at radius 2 is 1.97 bits per heavy atom. The van der Waals surface area contributed by atoms with Crippen LogP contribution in [0.5, 0.6) is 11.5 Å². The Bertz CT molecular complexity index is 1090. The van der Waals surface area contributed by atoms with Gasteiger partial charge in [0.2, 0.25) is 5.91 Å². The molecule has 0 aliphatic rings. The Kier molecular flexibility index (Phi) is 10.0. The zero-order valence-electron chi connectivity index (χ0n) is 20.7. The minimum absolute atomic E-state index is 0.129. The Labute approximate surface area is 203 Å². The molecular formula is C28H37N3O3. The van der Waals surface area contributed by atoms with Crippen LogP contribution in [0.2, 0.25) is 0 Å². The lowest BCUT2D eigenvalue weighted by molar-refractivity contribution is -0.121. The van der Waals surface area contributed by atoms with Crippen LogP contribution in [-0.2, 0) is 17.8 Å². The van der Waals surface area contributed by atoms with Crippen molar-refractivity contribution in [2.75, 3.05) is 20.3 Å². The number of hydrogen-bond acceptors (Lipinski definition) is 4. The van der Waals surface area contributed by atoms with E-state index in [0.717, 1.165) is 72.6 Å². The quantitative estimate of drug-likeness (QED) is 0.308. The minimum atomic E-state index is 0.129. The zero-order valence-corrected chi connectivity index (χ0v) is 20.7. The molecule has 1 heterocycles. The number of para-hydroxylation sites is 2. The summed E-state index contributed by atoms with van der Waals surface area (Å²) in [5, 5.41) is 3.00. The molecule has 0 saturated carbocycles. The van der Waals surface area contributed by atoms with Gasteiger partial charge in [-0.1, -0.05) is 37.3 Å². The lowest BCUT2D eigenvalue weighted by atomic mass is 10.2. The number of allylic oxidation sites excluding steroid dienone is 1. The van der Waals surface area contributed by atoms with Gasteiger partial charge in [0, 0.05) is 25.9 Å². The highest BCUT2D eigenvalue weighted by atomic mass is 16.5. The maximum Gasteiger partial charge on any atom is 0.219 e. The fraction of sp³-hybridized carbons (Fsp3) is 0.429. The van der Waals surface area contributed by atoms with Crippen LogP contribution in [0.1, 0.15) is 57.3 Å². The SMILES string of the molecule is C/C=C/c1ccc(OCCCCn2c(CCCNC(=O)CCC)nc3ccccc32)c(OC)c1. The first-order chi connectivity index (χ1) is 16.7. The molecule has 2 aromatic carbocycles. The molecule has 3 rings (SSSR count). The van der Waals surface area contributed by atoms with E-state index in [0.29, 0.717) is 19.6 Å². The molecule has 0 fully saturated rings. The molecule has 1 aromatic heterocycles. The minimum Gasteiger partial charge on any atom is -0.493 e. The predicted molar refractivity (Wildman–Crippen MR) is 138 cm³/mol. The van der Waals surface area contributed by atoms with Gasteiger partial charge in [0.25, 0.3) is 0 Å². The molecule has 0 radical (unpaired) electrons. The Morgan fingerprint density at radius 1 is 1.12 bits per heavy atom. The van der Waals surface area contributed by atoms with E-state index < -0.39 is 0 Å². The molecule has 6 heteroatoms. The van der Waals surface area contributed by atoms with Gasteiger partial charge >= 0.3 is 0 Å². The Morgan fingerprint density at radius 3 is 2.76 bits per heavy atom. The summed E-state index contributed by atoms with van der Waals surface area (Å²) in [7, 11) is 1.67. The second kappa shape index (κ2) is 13.4. The van der Waals surface area contributed by atoms with Gasteiger partial charge in [0.15, 0.2) is 11.5 Å². The number of nitrogens with one attached hydrogen (secondary N) is 1. The van der Waals surface area contributed by atoms with Gasteiger partial charge in [-0.3, -0.25) is 4.79 Å². The van der Waals surface area contributed by atoms with Crippen LogP contribution >= 0.6 is 0 Å². The molecule has 1 N–H and O–H groups in total. The summed E-state index contributed by atoms with van der Waals surface area (Å²) in [6.07, 6.45) is 9.15. The standard InChI is InChI=1S/C28H37N3O3/c1-4-11-22-16-17-25(26(21-22)33-3)34-20-9-8-19-31-24-14-7-6-13-23(24)30-27(31)15-10-18-29-28(32)12-5-2/h4,6-7,11,13-14,16-17,21H,5,8-10,12,15,18-20H2,1-3H3,(H,29,32)/b11-4+. The summed E-state index contributed by atoms with van der Waals surface area (Å²) in [6.45, 7) is 6.22. The largest absolute Gasteiger partial charge is 0.493 e. The summed E-state index contributed by atoms with van der Waals surface area (Å²) < 4.78 is 13.8. The smallest absolute Gasteiger partial charge is 0.219 e. The fourth-order valence-electron chi connectivity index (χ4n) is 4.01. The molecule has 0 aliphatic carbocycles. The number of amides is 1. The van der Waals surface area contributed by atoms with Gasteiger partial charge < -0.3 is 19.4 Å². The van der Waals surface area contributed by atoms with Gasteiger partial charge in [-0.25, -0.2) is 4.98 Å². The lowest BCUT2D eigenvalue weighted by Gasteiger charge is -2.12. The number of unbranched alkanes of at least 4 members (excludes halogenated alkanes) is 1. The van der Waals surface area contributed by atoms with Gasteiger partial charge in [-0.05, 0) is 62.4 Å². The number of aromatic nitrogens is 2. The number of carbonyl (C=O) groups is 1. The molecule has 0 bridgehead atoms. The van der Waals surface area contributed by atoms with E-state index in [2.05, 4.69) is 28.1 Å². The Balaban J connectivity index is 1.53. The number of fused-ring (bicyclic) bond motifs is 1. The number of methoxy groups -OCH3 is 1. The molecule has 182 valence electrons. The predicted octanol–water partition coefficient (Wildman–Crippen LogP) is 5.79. The number of aryl methyl sites for hydroxylation is 2. The first-order valence-corrected chi connectivity index (χ1v) is 12.3. The third-order valence-electron chi connectivity index (χ3n) is 5.69. The van der Waals surface area contributed by atoms with E-state index in [1.54, 1.807) is 7.11 Å². The van der Waals surface area contributed by atoms with E-state index in [9.17, 15) is 4.79 Å². The topological polar surface area (TPSA) is 65.4 Å². The number of ether oxygens (including phenoxy) is 2. The van der Waals surface area contributed by atoms with Crippen LogP contribution in [-0.4, -0.2) is 35.7 Å². The van der Waals surface area contributed by atoms with Crippen molar-refractivity contribution in [2.45, 2.75) is 58.9 Å². The summed E-state index contributed by atoms with van der Waals surface area (Å²) in [6, 6.07) is 14.3. The summed E-state index contributed by atoms with van der Waals surface area (Å²) in [5.74, 6) is 2.73. The molecular weight excluding hydrogens is 426 g/mol. The monoisotopic (exact) mass is 463 g/mol.